The minimum atomic E-state index is 0.00475. The molecule has 4 nitrogen and oxygen atoms in total. The third kappa shape index (κ3) is 5.55. The van der Waals surface area contributed by atoms with Gasteiger partial charge in [-0.05, 0) is 30.4 Å². The average molecular weight is 314 g/mol. The zero-order valence-electron chi connectivity index (χ0n) is 14.0. The first-order chi connectivity index (χ1) is 11.1. The summed E-state index contributed by atoms with van der Waals surface area (Å²) in [5.41, 5.74) is 1.03. The van der Waals surface area contributed by atoms with Gasteiger partial charge >= 0.3 is 0 Å². The minimum Gasteiger partial charge on any atom is -0.356 e. The third-order valence-electron chi connectivity index (χ3n) is 4.14. The molecule has 0 unspecified atom stereocenters. The number of nitrogens with zero attached hydrogens (tertiary/aromatic N) is 1. The van der Waals surface area contributed by atoms with E-state index in [0.717, 1.165) is 31.5 Å². The van der Waals surface area contributed by atoms with Crippen molar-refractivity contribution in [3.05, 3.63) is 42.0 Å². The molecule has 23 heavy (non-hydrogen) atoms. The van der Waals surface area contributed by atoms with Gasteiger partial charge in [0.05, 0.1) is 0 Å². The molecule has 0 spiro atoms. The van der Waals surface area contributed by atoms with Gasteiger partial charge in [0.1, 0.15) is 0 Å². The van der Waals surface area contributed by atoms with E-state index in [2.05, 4.69) is 5.32 Å². The summed E-state index contributed by atoms with van der Waals surface area (Å²) in [5, 5.41) is 2.97. The zero-order valence-corrected chi connectivity index (χ0v) is 14.0. The summed E-state index contributed by atoms with van der Waals surface area (Å²) in [6.07, 6.45) is 5.55. The Hall–Kier alpha value is -2.10. The van der Waals surface area contributed by atoms with E-state index in [4.69, 9.17) is 0 Å². The molecule has 0 bridgehead atoms. The van der Waals surface area contributed by atoms with Gasteiger partial charge in [-0.2, -0.15) is 0 Å². The Bertz CT molecular complexity index is 552. The number of nitrogens with one attached hydrogen (secondary N) is 1. The monoisotopic (exact) mass is 314 g/mol. The Kier molecular flexibility index (Phi) is 6.39. The highest BCUT2D eigenvalue weighted by Gasteiger charge is 2.23. The fourth-order valence-electron chi connectivity index (χ4n) is 2.72. The molecule has 1 aromatic carbocycles. The number of likely N-dealkylation sites (tertiary alicyclic amines) is 1. The maximum absolute atomic E-state index is 12.3. The number of carbonyl (C=O) groups excluding carboxylic acids is 2. The number of rotatable bonds is 5. The van der Waals surface area contributed by atoms with Crippen LogP contribution in [0.25, 0.3) is 6.08 Å². The van der Waals surface area contributed by atoms with Crippen molar-refractivity contribution in [2.75, 3.05) is 19.6 Å². The highest BCUT2D eigenvalue weighted by Crippen LogP contribution is 2.16. The lowest BCUT2D eigenvalue weighted by molar-refractivity contribution is -0.127. The topological polar surface area (TPSA) is 49.4 Å². The molecule has 1 aliphatic rings. The van der Waals surface area contributed by atoms with Gasteiger partial charge in [0, 0.05) is 31.6 Å². The van der Waals surface area contributed by atoms with Gasteiger partial charge < -0.3 is 10.2 Å². The number of hydrogen-bond acceptors (Lipinski definition) is 2. The lowest BCUT2D eigenvalue weighted by atomic mass is 9.97. The summed E-state index contributed by atoms with van der Waals surface area (Å²) in [6, 6.07) is 9.82. The van der Waals surface area contributed by atoms with Gasteiger partial charge in [0.2, 0.25) is 11.8 Å². The molecule has 1 aliphatic heterocycles. The Morgan fingerprint density at radius 1 is 1.30 bits per heavy atom. The quantitative estimate of drug-likeness (QED) is 0.850. The second-order valence-corrected chi connectivity index (χ2v) is 6.44. The molecule has 1 aromatic rings. The molecule has 1 saturated heterocycles. The summed E-state index contributed by atoms with van der Waals surface area (Å²) in [5.74, 6) is 0.483. The highest BCUT2D eigenvalue weighted by molar-refractivity contribution is 5.91. The fraction of sp³-hybridized carbons (Fsp3) is 0.474. The standard InChI is InChI=1S/C19H26N2O2/c1-15(2)19(23)20-13-17-9-6-12-21(14-17)18(22)11-10-16-7-4-3-5-8-16/h3-5,7-8,10-11,15,17H,6,9,12-14H2,1-2H3,(H,20,23)/b11-10-/t17-/m1/s1. The smallest absolute Gasteiger partial charge is 0.246 e. The summed E-state index contributed by atoms with van der Waals surface area (Å²) in [4.78, 5) is 25.9. The molecule has 124 valence electrons. The minimum absolute atomic E-state index is 0.00475. The molecule has 1 fully saturated rings. The molecule has 1 atom stereocenters. The summed E-state index contributed by atoms with van der Waals surface area (Å²) >= 11 is 0. The van der Waals surface area contributed by atoms with Gasteiger partial charge in [-0.15, -0.1) is 0 Å². The van der Waals surface area contributed by atoms with Crippen LogP contribution in [0.3, 0.4) is 0 Å². The first-order valence-electron chi connectivity index (χ1n) is 8.36. The molecule has 1 N–H and O–H groups in total. The second-order valence-electron chi connectivity index (χ2n) is 6.44. The van der Waals surface area contributed by atoms with Crippen LogP contribution in [0.5, 0.6) is 0 Å². The van der Waals surface area contributed by atoms with Crippen molar-refractivity contribution in [1.82, 2.24) is 10.2 Å². The molecule has 0 radical (unpaired) electrons. The Morgan fingerprint density at radius 3 is 2.74 bits per heavy atom. The molecule has 2 amide bonds. The second kappa shape index (κ2) is 8.51. The fourth-order valence-corrected chi connectivity index (χ4v) is 2.72. The van der Waals surface area contributed by atoms with Crippen LogP contribution in [0.4, 0.5) is 0 Å². The number of hydrogen-bond donors (Lipinski definition) is 1. The van der Waals surface area contributed by atoms with Crippen molar-refractivity contribution in [2.45, 2.75) is 26.7 Å². The molecular formula is C19H26N2O2. The molecular weight excluding hydrogens is 288 g/mol. The van der Waals surface area contributed by atoms with Crippen LogP contribution in [0, 0.1) is 11.8 Å². The number of piperidine rings is 1. The largest absolute Gasteiger partial charge is 0.356 e. The first kappa shape index (κ1) is 17.3. The normalized spacial score (nSPS) is 18.4. The highest BCUT2D eigenvalue weighted by atomic mass is 16.2. The van der Waals surface area contributed by atoms with Crippen LogP contribution in [0.1, 0.15) is 32.3 Å². The van der Waals surface area contributed by atoms with Gasteiger partial charge in [-0.1, -0.05) is 44.2 Å². The van der Waals surface area contributed by atoms with E-state index in [1.807, 2.05) is 55.2 Å². The van der Waals surface area contributed by atoms with Crippen molar-refractivity contribution in [2.24, 2.45) is 11.8 Å². The third-order valence-corrected chi connectivity index (χ3v) is 4.14. The lowest BCUT2D eigenvalue weighted by Gasteiger charge is -2.32. The van der Waals surface area contributed by atoms with Crippen molar-refractivity contribution < 1.29 is 9.59 Å². The maximum Gasteiger partial charge on any atom is 0.246 e. The predicted molar refractivity (Wildman–Crippen MR) is 92.6 cm³/mol. The summed E-state index contributed by atoms with van der Waals surface area (Å²) in [7, 11) is 0. The van der Waals surface area contributed by atoms with Gasteiger partial charge in [0.25, 0.3) is 0 Å². The molecule has 0 saturated carbocycles. The van der Waals surface area contributed by atoms with Gasteiger partial charge in [-0.25, -0.2) is 0 Å². The van der Waals surface area contributed by atoms with E-state index in [0.29, 0.717) is 12.5 Å². The number of carbonyl (C=O) groups is 2. The summed E-state index contributed by atoms with van der Waals surface area (Å²) < 4.78 is 0. The number of benzene rings is 1. The Morgan fingerprint density at radius 2 is 2.04 bits per heavy atom. The maximum atomic E-state index is 12.3. The van der Waals surface area contributed by atoms with Crippen molar-refractivity contribution in [3.63, 3.8) is 0 Å². The van der Waals surface area contributed by atoms with E-state index in [1.54, 1.807) is 6.08 Å². The lowest BCUT2D eigenvalue weighted by Crippen LogP contribution is -2.43. The van der Waals surface area contributed by atoms with Crippen LogP contribution in [0.15, 0.2) is 36.4 Å². The van der Waals surface area contributed by atoms with E-state index in [1.165, 1.54) is 0 Å². The van der Waals surface area contributed by atoms with Crippen molar-refractivity contribution >= 4 is 17.9 Å². The first-order valence-corrected chi connectivity index (χ1v) is 8.36. The van der Waals surface area contributed by atoms with E-state index < -0.39 is 0 Å². The molecule has 2 rings (SSSR count). The Balaban J connectivity index is 1.84. The van der Waals surface area contributed by atoms with Gasteiger partial charge in [0.15, 0.2) is 0 Å². The SMILES string of the molecule is CC(C)C(=O)NC[C@H]1CCCN(C(=O)/C=C\c2ccccc2)C1. The van der Waals surface area contributed by atoms with E-state index >= 15 is 0 Å². The van der Waals surface area contributed by atoms with Crippen molar-refractivity contribution in [3.8, 4) is 0 Å². The van der Waals surface area contributed by atoms with Gasteiger partial charge in [-0.3, -0.25) is 9.59 Å². The summed E-state index contributed by atoms with van der Waals surface area (Å²) in [6.45, 7) is 5.95. The van der Waals surface area contributed by atoms with Crippen LogP contribution >= 0.6 is 0 Å². The average Bonchev–Trinajstić information content (AvgIpc) is 2.58. The van der Waals surface area contributed by atoms with Crippen LogP contribution in [-0.4, -0.2) is 36.3 Å². The van der Waals surface area contributed by atoms with Crippen molar-refractivity contribution in [1.29, 1.82) is 0 Å². The zero-order chi connectivity index (χ0) is 16.7. The molecule has 4 heteroatoms. The molecule has 0 aromatic heterocycles. The molecule has 0 aliphatic carbocycles. The number of amides is 2. The predicted octanol–water partition coefficient (Wildman–Crippen LogP) is 2.71. The van der Waals surface area contributed by atoms with Crippen LogP contribution in [0.2, 0.25) is 0 Å². The van der Waals surface area contributed by atoms with Crippen LogP contribution in [-0.2, 0) is 9.59 Å². The van der Waals surface area contributed by atoms with E-state index in [-0.39, 0.29) is 17.7 Å². The Labute approximate surface area is 138 Å². The molecule has 1 heterocycles. The van der Waals surface area contributed by atoms with Crippen LogP contribution < -0.4 is 5.32 Å². The van der Waals surface area contributed by atoms with E-state index in [9.17, 15) is 9.59 Å².